The molecular formula is C23H32O2. The van der Waals surface area contributed by atoms with E-state index in [4.69, 9.17) is 4.74 Å². The highest BCUT2D eigenvalue weighted by Crippen LogP contribution is 2.74. The minimum atomic E-state index is 0.237. The van der Waals surface area contributed by atoms with E-state index in [9.17, 15) is 4.79 Å². The molecule has 5 fully saturated rings. The molecule has 0 aromatic carbocycles. The summed E-state index contributed by atoms with van der Waals surface area (Å²) < 4.78 is 6.56. The van der Waals surface area contributed by atoms with Crippen molar-refractivity contribution in [2.24, 2.45) is 40.9 Å². The molecule has 2 nitrogen and oxygen atoms in total. The number of fused-ring (bicyclic) bond motifs is 9. The van der Waals surface area contributed by atoms with Crippen LogP contribution >= 0.6 is 0 Å². The van der Waals surface area contributed by atoms with Crippen molar-refractivity contribution < 1.29 is 9.53 Å². The molecule has 0 bridgehead atoms. The van der Waals surface area contributed by atoms with Gasteiger partial charge >= 0.3 is 0 Å². The van der Waals surface area contributed by atoms with Crippen molar-refractivity contribution in [1.82, 2.24) is 0 Å². The zero-order chi connectivity index (χ0) is 16.8. The Labute approximate surface area is 151 Å². The van der Waals surface area contributed by atoms with Gasteiger partial charge in [-0.2, -0.15) is 0 Å². The highest BCUT2D eigenvalue weighted by Gasteiger charge is 2.69. The summed E-state index contributed by atoms with van der Waals surface area (Å²) in [5, 5.41) is 0. The van der Waals surface area contributed by atoms with Crippen LogP contribution in [0.15, 0.2) is 11.6 Å². The summed E-state index contributed by atoms with van der Waals surface area (Å²) in [7, 11) is 0. The highest BCUT2D eigenvalue weighted by atomic mass is 16.5. The van der Waals surface area contributed by atoms with E-state index in [1.165, 1.54) is 51.4 Å². The molecular weight excluding hydrogens is 308 g/mol. The molecule has 6 aliphatic rings. The van der Waals surface area contributed by atoms with E-state index in [0.717, 1.165) is 55.0 Å². The molecule has 6 rings (SSSR count). The largest absolute Gasteiger partial charge is 0.374 e. The number of ketones is 1. The van der Waals surface area contributed by atoms with Gasteiger partial charge in [-0.3, -0.25) is 4.79 Å². The maximum Gasteiger partial charge on any atom is 0.155 e. The summed E-state index contributed by atoms with van der Waals surface area (Å²) in [6.07, 6.45) is 14.9. The van der Waals surface area contributed by atoms with Crippen LogP contribution in [0.1, 0.15) is 71.1 Å². The lowest BCUT2D eigenvalue weighted by Crippen LogP contribution is -2.54. The van der Waals surface area contributed by atoms with Crippen LogP contribution in [-0.4, -0.2) is 18.0 Å². The third-order valence-corrected chi connectivity index (χ3v) is 9.83. The Morgan fingerprint density at radius 3 is 2.84 bits per heavy atom. The molecule has 136 valence electrons. The molecule has 5 aliphatic carbocycles. The number of rotatable bonds is 1. The van der Waals surface area contributed by atoms with Gasteiger partial charge < -0.3 is 4.74 Å². The van der Waals surface area contributed by atoms with Crippen LogP contribution < -0.4 is 0 Å². The Hall–Kier alpha value is -0.630. The fourth-order valence-electron chi connectivity index (χ4n) is 8.97. The van der Waals surface area contributed by atoms with Crippen molar-refractivity contribution in [3.05, 3.63) is 11.6 Å². The third kappa shape index (κ3) is 1.78. The summed E-state index contributed by atoms with van der Waals surface area (Å²) in [6, 6.07) is 0. The molecule has 1 heterocycles. The van der Waals surface area contributed by atoms with Crippen LogP contribution in [0.4, 0.5) is 0 Å². The Morgan fingerprint density at radius 1 is 1.12 bits per heavy atom. The van der Waals surface area contributed by atoms with Gasteiger partial charge in [-0.05, 0) is 99.4 Å². The first-order valence-corrected chi connectivity index (χ1v) is 11.1. The fourth-order valence-corrected chi connectivity index (χ4v) is 8.97. The van der Waals surface area contributed by atoms with Crippen LogP contribution in [0, 0.1) is 40.9 Å². The van der Waals surface area contributed by atoms with Crippen molar-refractivity contribution in [3.8, 4) is 0 Å². The Balaban J connectivity index is 1.39. The Morgan fingerprint density at radius 2 is 2.04 bits per heavy atom. The third-order valence-electron chi connectivity index (χ3n) is 9.83. The standard InChI is InChI=1S/C23H32O2/c1-2-22-9-6-16-15-5-4-14(24)12-17(15)18-13-19(18)21(16)20(22)7-10-23(22)8-3-11-25-23/h12,15-16,18-21H,2-11,13H2,1H3/t15-,16?,18?,19?,20?,21?,22+,23+/m1/s1. The highest BCUT2D eigenvalue weighted by molar-refractivity contribution is 5.91. The SMILES string of the molecule is CC[C@]12CCC3C(C4CC4C4=CC(=O)CC[C@@H]43)C1CC[C@@]21CCCO1. The lowest BCUT2D eigenvalue weighted by atomic mass is 9.49. The summed E-state index contributed by atoms with van der Waals surface area (Å²) in [4.78, 5) is 12.0. The molecule has 0 N–H and O–H groups in total. The smallest absolute Gasteiger partial charge is 0.155 e. The number of hydrogen-bond donors (Lipinski definition) is 0. The predicted octanol–water partition coefficient (Wildman–Crippen LogP) is 4.92. The normalized spacial score (nSPS) is 56.0. The van der Waals surface area contributed by atoms with E-state index >= 15 is 0 Å². The van der Waals surface area contributed by atoms with Gasteiger partial charge in [-0.1, -0.05) is 12.5 Å². The van der Waals surface area contributed by atoms with Gasteiger partial charge in [-0.25, -0.2) is 0 Å². The second kappa shape index (κ2) is 5.00. The average Bonchev–Trinajstić information content (AvgIpc) is 3.18. The minimum absolute atomic E-state index is 0.237. The van der Waals surface area contributed by atoms with Crippen molar-refractivity contribution in [3.63, 3.8) is 0 Å². The monoisotopic (exact) mass is 340 g/mol. The summed E-state index contributed by atoms with van der Waals surface area (Å²) in [5.41, 5.74) is 2.31. The quantitative estimate of drug-likeness (QED) is 0.677. The molecule has 25 heavy (non-hydrogen) atoms. The number of ether oxygens (including phenoxy) is 1. The number of carbonyl (C=O) groups is 1. The maximum absolute atomic E-state index is 12.0. The predicted molar refractivity (Wildman–Crippen MR) is 97.0 cm³/mol. The van der Waals surface area contributed by atoms with Gasteiger partial charge in [0.25, 0.3) is 0 Å². The van der Waals surface area contributed by atoms with E-state index < -0.39 is 0 Å². The molecule has 1 saturated heterocycles. The first-order chi connectivity index (χ1) is 12.2. The second-order valence-electron chi connectivity index (χ2n) is 10.1. The summed E-state index contributed by atoms with van der Waals surface area (Å²) in [6.45, 7) is 3.46. The molecule has 5 unspecified atom stereocenters. The van der Waals surface area contributed by atoms with Gasteiger partial charge in [-0.15, -0.1) is 0 Å². The van der Waals surface area contributed by atoms with Gasteiger partial charge in [0, 0.05) is 18.4 Å². The first-order valence-electron chi connectivity index (χ1n) is 11.1. The van der Waals surface area contributed by atoms with Crippen molar-refractivity contribution in [1.29, 1.82) is 0 Å². The van der Waals surface area contributed by atoms with Gasteiger partial charge in [0.2, 0.25) is 0 Å². The first kappa shape index (κ1) is 15.4. The molecule has 2 heteroatoms. The molecule has 0 amide bonds. The van der Waals surface area contributed by atoms with Crippen molar-refractivity contribution in [2.45, 2.75) is 76.7 Å². The Kier molecular flexibility index (Phi) is 3.09. The molecule has 0 aromatic rings. The van der Waals surface area contributed by atoms with Crippen molar-refractivity contribution in [2.75, 3.05) is 6.61 Å². The van der Waals surface area contributed by atoms with Gasteiger partial charge in [0.05, 0.1) is 5.60 Å². The van der Waals surface area contributed by atoms with Crippen molar-refractivity contribution >= 4 is 5.78 Å². The maximum atomic E-state index is 12.0. The molecule has 8 atom stereocenters. The molecule has 4 saturated carbocycles. The Bertz CT molecular complexity index is 642. The second-order valence-corrected chi connectivity index (χ2v) is 10.1. The topological polar surface area (TPSA) is 26.3 Å². The van der Waals surface area contributed by atoms with Crippen LogP contribution in [0.5, 0.6) is 0 Å². The number of carbonyl (C=O) groups excluding carboxylic acids is 1. The van der Waals surface area contributed by atoms with Gasteiger partial charge in [0.15, 0.2) is 5.78 Å². The van der Waals surface area contributed by atoms with E-state index in [1.807, 2.05) is 0 Å². The molecule has 0 aromatic heterocycles. The lowest BCUT2D eigenvalue weighted by molar-refractivity contribution is -0.141. The van der Waals surface area contributed by atoms with Crippen LogP contribution in [0.25, 0.3) is 0 Å². The summed E-state index contributed by atoms with van der Waals surface area (Å²) in [5.74, 6) is 5.58. The fraction of sp³-hybridized carbons (Fsp3) is 0.870. The average molecular weight is 341 g/mol. The lowest BCUT2D eigenvalue weighted by Gasteiger charge is -2.57. The zero-order valence-corrected chi connectivity index (χ0v) is 15.6. The van der Waals surface area contributed by atoms with Gasteiger partial charge in [0.1, 0.15) is 0 Å². The van der Waals surface area contributed by atoms with Crippen LogP contribution in [0.3, 0.4) is 0 Å². The molecule has 1 spiro atoms. The number of allylic oxidation sites excluding steroid dienone is 1. The van der Waals surface area contributed by atoms with E-state index in [2.05, 4.69) is 13.0 Å². The van der Waals surface area contributed by atoms with Crippen LogP contribution in [0.2, 0.25) is 0 Å². The number of hydrogen-bond acceptors (Lipinski definition) is 2. The van der Waals surface area contributed by atoms with E-state index in [0.29, 0.717) is 11.2 Å². The summed E-state index contributed by atoms with van der Waals surface area (Å²) >= 11 is 0. The molecule has 0 radical (unpaired) electrons. The van der Waals surface area contributed by atoms with E-state index in [-0.39, 0.29) is 5.60 Å². The van der Waals surface area contributed by atoms with Crippen LogP contribution in [-0.2, 0) is 9.53 Å². The minimum Gasteiger partial charge on any atom is -0.374 e. The van der Waals surface area contributed by atoms with E-state index in [1.54, 1.807) is 5.57 Å². The molecule has 1 aliphatic heterocycles. The zero-order valence-electron chi connectivity index (χ0n) is 15.6.